The van der Waals surface area contributed by atoms with Crippen LogP contribution in [0.15, 0.2) is 41.5 Å². The number of aliphatic hydroxyl groups is 1. The normalized spacial score (nSPS) is 37.3. The number of ketones is 2. The highest BCUT2D eigenvalue weighted by Gasteiger charge is 2.63. The first-order valence-electron chi connectivity index (χ1n) is 19.9. The van der Waals surface area contributed by atoms with E-state index in [1.807, 2.05) is 23.1 Å². The molecule has 326 valence electrons. The number of nitrogens with two attached hydrogens (primary N) is 1. The number of fused-ring (bicyclic) bond motifs is 1. The summed E-state index contributed by atoms with van der Waals surface area (Å²) in [7, 11) is 4.94. The van der Waals surface area contributed by atoms with E-state index in [1.165, 1.54) is 40.1 Å². The largest absolute Gasteiger partial charge is 0.453 e. The summed E-state index contributed by atoms with van der Waals surface area (Å²) < 4.78 is 48.5. The van der Waals surface area contributed by atoms with E-state index in [0.29, 0.717) is 19.5 Å². The van der Waals surface area contributed by atoms with Crippen molar-refractivity contribution >= 4 is 29.4 Å². The highest BCUT2D eigenvalue weighted by Crippen LogP contribution is 2.43. The second-order valence-electron chi connectivity index (χ2n) is 16.4. The van der Waals surface area contributed by atoms with E-state index in [1.54, 1.807) is 34.1 Å². The van der Waals surface area contributed by atoms with Gasteiger partial charge in [-0.3, -0.25) is 19.1 Å². The molecule has 3 fully saturated rings. The Balaban J connectivity index is 1.56. The number of nitrogens with one attached hydrogen (secondary N) is 2. The Morgan fingerprint density at radius 2 is 1.83 bits per heavy atom. The molecular weight excluding hydrogens is 773 g/mol. The van der Waals surface area contributed by atoms with Crippen LogP contribution in [0.4, 0.5) is 15.0 Å². The van der Waals surface area contributed by atoms with Gasteiger partial charge in [0.15, 0.2) is 18.2 Å². The van der Waals surface area contributed by atoms with Gasteiger partial charge in [-0.1, -0.05) is 33.8 Å². The summed E-state index contributed by atoms with van der Waals surface area (Å²) in [6, 6.07) is 4.95. The molecule has 3 saturated heterocycles. The lowest BCUT2D eigenvalue weighted by atomic mass is 9.74. The average molecular weight is 832 g/mol. The van der Waals surface area contributed by atoms with E-state index in [2.05, 4.69) is 20.6 Å². The topological polar surface area (TPSA) is 236 Å². The highest BCUT2D eigenvalue weighted by molar-refractivity contribution is 6.08. The van der Waals surface area contributed by atoms with Gasteiger partial charge >= 0.3 is 17.8 Å². The lowest BCUT2D eigenvalue weighted by Crippen LogP contribution is -2.64. The third kappa shape index (κ3) is 9.05. The Morgan fingerprint density at radius 3 is 2.44 bits per heavy atom. The molecule has 5 rings (SSSR count). The third-order valence-corrected chi connectivity index (χ3v) is 12.0. The molecule has 3 aliphatic heterocycles. The van der Waals surface area contributed by atoms with Crippen LogP contribution in [0.25, 0.3) is 0 Å². The molecular formula is C40H58FN7O11. The smallest absolute Gasteiger partial charge is 0.409 e. The molecule has 0 aromatic carbocycles. The van der Waals surface area contributed by atoms with Crippen molar-refractivity contribution < 1.29 is 52.4 Å². The zero-order valence-corrected chi connectivity index (χ0v) is 35.0. The Bertz CT molecular complexity index is 1900. The van der Waals surface area contributed by atoms with E-state index < -0.39 is 107 Å². The van der Waals surface area contributed by atoms with E-state index in [-0.39, 0.29) is 18.7 Å². The Kier molecular flexibility index (Phi) is 14.0. The Hall–Kier alpha value is -4.40. The quantitative estimate of drug-likeness (QED) is 0.196. The second-order valence-corrected chi connectivity index (χ2v) is 16.4. The maximum atomic E-state index is 17.1. The number of amides is 1. The van der Waals surface area contributed by atoms with Gasteiger partial charge in [-0.25, -0.2) is 18.8 Å². The molecule has 0 saturated carbocycles. The number of Topliss-reactive ketones (excluding diaryl/α,β-unsaturated/α-hetero) is 2. The van der Waals surface area contributed by atoms with Gasteiger partial charge in [-0.2, -0.15) is 4.98 Å². The van der Waals surface area contributed by atoms with Crippen molar-refractivity contribution in [1.29, 1.82) is 0 Å². The highest BCUT2D eigenvalue weighted by atomic mass is 19.1. The second kappa shape index (κ2) is 18.1. The number of pyridine rings is 1. The van der Waals surface area contributed by atoms with Crippen LogP contribution >= 0.6 is 0 Å². The van der Waals surface area contributed by atoms with Gasteiger partial charge in [0.1, 0.15) is 23.7 Å². The fourth-order valence-corrected chi connectivity index (χ4v) is 8.74. The molecule has 13 atom stereocenters. The maximum absolute atomic E-state index is 17.1. The number of hydrogen-bond acceptors (Lipinski definition) is 16. The van der Waals surface area contributed by atoms with Crippen molar-refractivity contribution in [3.63, 3.8) is 0 Å². The summed E-state index contributed by atoms with van der Waals surface area (Å²) >= 11 is 0. The maximum Gasteiger partial charge on any atom is 0.409 e. The number of hydrogen-bond donors (Lipinski definition) is 4. The number of nitrogen functional groups attached to an aromatic ring is 1. The molecule has 2 aromatic heterocycles. The SMILES string of the molecule is CC[C@H]1OC(=O)[C@@](C)(F)C(=O)[C@H](C)[C@@H](O[C@@H]2O[C@H](CNCc3ccccn3)CC(N(C)C)C2O)[C@](C)(OC)C[C@@H](C)C(=O)[C@H](C)[C@H]2NC(=O)O[C@@]21n1ccc(N)nc1=O. The molecule has 0 bridgehead atoms. The molecule has 0 aliphatic carbocycles. The van der Waals surface area contributed by atoms with Crippen LogP contribution in [0.2, 0.25) is 0 Å². The van der Waals surface area contributed by atoms with Crippen molar-refractivity contribution in [2.24, 2.45) is 17.8 Å². The number of aliphatic hydroxyl groups excluding tert-OH is 1. The lowest BCUT2D eigenvalue weighted by molar-refractivity contribution is -0.297. The Labute approximate surface area is 342 Å². The van der Waals surface area contributed by atoms with Gasteiger partial charge in [-0.15, -0.1) is 0 Å². The van der Waals surface area contributed by atoms with Gasteiger partial charge in [0.05, 0.1) is 23.5 Å². The lowest BCUT2D eigenvalue weighted by Gasteiger charge is -2.47. The van der Waals surface area contributed by atoms with Crippen molar-refractivity contribution in [2.45, 2.75) is 127 Å². The number of carbonyl (C=O) groups excluding carboxylic acids is 4. The molecule has 1 amide bonds. The van der Waals surface area contributed by atoms with Gasteiger partial charge in [-0.05, 0) is 65.4 Å². The van der Waals surface area contributed by atoms with Crippen molar-refractivity contribution in [1.82, 2.24) is 30.1 Å². The van der Waals surface area contributed by atoms with Crippen molar-refractivity contribution in [3.05, 3.63) is 52.8 Å². The number of methoxy groups -OCH3 is 1. The zero-order valence-electron chi connectivity index (χ0n) is 35.0. The summed E-state index contributed by atoms with van der Waals surface area (Å²) in [6.07, 6.45) is -4.30. The number of halogens is 1. The molecule has 2 unspecified atom stereocenters. The van der Waals surface area contributed by atoms with Crippen molar-refractivity contribution in [2.75, 3.05) is 33.5 Å². The van der Waals surface area contributed by atoms with E-state index in [9.17, 15) is 29.1 Å². The standard InChI is InChI=1S/C40H58FN7O11/c1-10-27-40(48-16-14-28(42)45-36(48)53)31(46-37(54)59-40)22(3)29(49)21(2)18-38(5,55-9)33(23(4)32(51)39(6,41)35(52)57-27)58-34-30(50)26(47(7)8)17-25(56-34)20-43-19-24-13-11-12-15-44-24/h11-16,21-23,25-27,30-31,33-34,43,50H,10,17-20H2,1-9H3,(H,46,54)(H2,42,45,53)/t21-,22+,23+,25+,26?,27-,30?,31-,33-,34+,38-,39+,40-/m1/s1. The number of likely N-dealkylation sites (N-methyl/N-ethyl adjacent to an activating group) is 1. The van der Waals surface area contributed by atoms with Crippen LogP contribution in [0.3, 0.4) is 0 Å². The molecule has 5 heterocycles. The van der Waals surface area contributed by atoms with Crippen molar-refractivity contribution in [3.8, 4) is 0 Å². The van der Waals surface area contributed by atoms with Gasteiger partial charge in [0.2, 0.25) is 0 Å². The predicted octanol–water partition coefficient (Wildman–Crippen LogP) is 1.47. The molecule has 18 nitrogen and oxygen atoms in total. The van der Waals surface area contributed by atoms with Crippen LogP contribution in [0.1, 0.15) is 66.5 Å². The van der Waals surface area contributed by atoms with E-state index in [0.717, 1.165) is 17.2 Å². The van der Waals surface area contributed by atoms with E-state index in [4.69, 9.17) is 29.4 Å². The first kappa shape index (κ1) is 45.7. The minimum Gasteiger partial charge on any atom is -0.453 e. The summed E-state index contributed by atoms with van der Waals surface area (Å²) in [5.74, 6) is -7.05. The predicted molar refractivity (Wildman–Crippen MR) is 209 cm³/mol. The molecule has 19 heteroatoms. The number of esters is 1. The summed E-state index contributed by atoms with van der Waals surface area (Å²) in [5.41, 5.74) is -1.64. The number of nitrogens with zero attached hydrogens (tertiary/aromatic N) is 4. The summed E-state index contributed by atoms with van der Waals surface area (Å²) in [4.78, 5) is 79.6. The summed E-state index contributed by atoms with van der Waals surface area (Å²) in [5, 5.41) is 17.6. The average Bonchev–Trinajstić information content (AvgIpc) is 3.55. The number of alkyl halides is 1. The molecule has 2 aromatic rings. The molecule has 5 N–H and O–H groups in total. The monoisotopic (exact) mass is 831 g/mol. The zero-order chi connectivity index (χ0) is 43.6. The summed E-state index contributed by atoms with van der Waals surface area (Å²) in [6.45, 7) is 9.14. The number of rotatable bonds is 10. The fraction of sp³-hybridized carbons (Fsp3) is 0.675. The number of carbonyl (C=O) groups is 4. The minimum absolute atomic E-state index is 0.132. The molecule has 0 spiro atoms. The number of aromatic nitrogens is 3. The van der Waals surface area contributed by atoms with Gasteiger partial charge < -0.3 is 50.1 Å². The first-order valence-corrected chi connectivity index (χ1v) is 19.9. The van der Waals surface area contributed by atoms with Crippen LogP contribution < -0.4 is 22.1 Å². The number of alkyl carbamates (subject to hydrolysis) is 1. The minimum atomic E-state index is -3.35. The molecule has 0 radical (unpaired) electrons. The van der Waals surface area contributed by atoms with Crippen LogP contribution in [-0.4, -0.2) is 130 Å². The van der Waals surface area contributed by atoms with Crippen LogP contribution in [0, 0.1) is 17.8 Å². The number of ether oxygens (including phenoxy) is 5. The van der Waals surface area contributed by atoms with Gasteiger partial charge in [0.25, 0.3) is 11.4 Å². The molecule has 3 aliphatic rings. The third-order valence-electron chi connectivity index (χ3n) is 12.0. The Morgan fingerprint density at radius 1 is 1.12 bits per heavy atom. The molecule has 59 heavy (non-hydrogen) atoms. The number of anilines is 1. The van der Waals surface area contributed by atoms with Crippen LogP contribution in [-0.2, 0) is 50.3 Å². The van der Waals surface area contributed by atoms with E-state index >= 15 is 4.39 Å². The van der Waals surface area contributed by atoms with Gasteiger partial charge in [0, 0.05) is 56.4 Å². The first-order chi connectivity index (χ1) is 27.7. The van der Waals surface area contributed by atoms with Crippen LogP contribution in [0.5, 0.6) is 0 Å². The fourth-order valence-electron chi connectivity index (χ4n) is 8.74. The number of cyclic esters (lactones) is 1.